The van der Waals surface area contributed by atoms with Crippen molar-refractivity contribution in [2.45, 2.75) is 6.54 Å². The largest absolute Gasteiger partial charge is 0.289 e. The minimum atomic E-state index is -0.212. The fourth-order valence-corrected chi connectivity index (χ4v) is 2.12. The van der Waals surface area contributed by atoms with Gasteiger partial charge in [-0.25, -0.2) is 0 Å². The lowest BCUT2D eigenvalue weighted by Gasteiger charge is -2.12. The summed E-state index contributed by atoms with van der Waals surface area (Å²) in [5.74, 6) is 0.0555. The number of hydrogen-bond acceptors (Lipinski definition) is 4. The van der Waals surface area contributed by atoms with Crippen molar-refractivity contribution >= 4 is 29.2 Å². The maximum absolute atomic E-state index is 11.3. The third kappa shape index (κ3) is 2.14. The maximum atomic E-state index is 11.3. The van der Waals surface area contributed by atoms with Gasteiger partial charge in [-0.05, 0) is 5.56 Å². The second-order valence-electron chi connectivity index (χ2n) is 3.33. The van der Waals surface area contributed by atoms with Crippen LogP contribution in [0.5, 0.6) is 0 Å². The quantitative estimate of drug-likeness (QED) is 0.792. The first kappa shape index (κ1) is 10.9. The zero-order valence-electron chi connectivity index (χ0n) is 8.30. The second-order valence-corrected chi connectivity index (χ2v) is 4.26. The van der Waals surface area contributed by atoms with Crippen molar-refractivity contribution in [3.8, 4) is 0 Å². The number of hydrogen-bond donors (Lipinski definition) is 0. The third-order valence-electron chi connectivity index (χ3n) is 2.25. The van der Waals surface area contributed by atoms with Crippen molar-refractivity contribution in [2.24, 2.45) is 0 Å². The molecule has 0 spiro atoms. The average molecular weight is 234 g/mol. The van der Waals surface area contributed by atoms with E-state index in [-0.39, 0.29) is 23.4 Å². The molecule has 81 valence electrons. The van der Waals surface area contributed by atoms with Crippen LogP contribution < -0.4 is 0 Å². The standard InChI is InChI=1S/C11H8NO3S/c13-6-9-3-1-8(2-4-9)5-12-10(14)7-16-11(12)15/h1-4H,5,7H2. The number of nitrogens with zero attached hydrogens (tertiary/aromatic N) is 1. The van der Waals surface area contributed by atoms with Gasteiger partial charge in [0.25, 0.3) is 5.24 Å². The highest BCUT2D eigenvalue weighted by Crippen LogP contribution is 2.21. The van der Waals surface area contributed by atoms with Crippen molar-refractivity contribution in [3.63, 3.8) is 0 Å². The molecule has 5 heteroatoms. The Morgan fingerprint density at radius 1 is 1.25 bits per heavy atom. The molecular formula is C11H8NO3S. The molecule has 2 rings (SSSR count). The van der Waals surface area contributed by atoms with Gasteiger partial charge in [-0.2, -0.15) is 0 Å². The van der Waals surface area contributed by atoms with Crippen molar-refractivity contribution < 1.29 is 14.4 Å². The Bertz CT molecular complexity index is 425. The van der Waals surface area contributed by atoms with Crippen molar-refractivity contribution in [2.75, 3.05) is 5.75 Å². The fourth-order valence-electron chi connectivity index (χ4n) is 1.39. The molecule has 0 N–H and O–H groups in total. The van der Waals surface area contributed by atoms with E-state index < -0.39 is 0 Å². The van der Waals surface area contributed by atoms with Crippen LogP contribution in [0, 0.1) is 0 Å². The number of imide groups is 1. The molecule has 1 aliphatic rings. The van der Waals surface area contributed by atoms with E-state index in [4.69, 9.17) is 0 Å². The summed E-state index contributed by atoms with van der Waals surface area (Å²) in [6.45, 7) is 0.268. The van der Waals surface area contributed by atoms with E-state index in [1.165, 1.54) is 4.90 Å². The Balaban J connectivity index is 2.11. The summed E-state index contributed by atoms with van der Waals surface area (Å²) in [4.78, 5) is 34.2. The van der Waals surface area contributed by atoms with Gasteiger partial charge in [-0.1, -0.05) is 36.0 Å². The minimum Gasteiger partial charge on any atom is -0.285 e. The number of carbonyl (C=O) groups excluding carboxylic acids is 3. The van der Waals surface area contributed by atoms with Crippen LogP contribution in [0.25, 0.3) is 0 Å². The molecule has 1 radical (unpaired) electrons. The van der Waals surface area contributed by atoms with Gasteiger partial charge in [0.2, 0.25) is 12.2 Å². The van der Waals surface area contributed by atoms with Crippen molar-refractivity contribution in [3.05, 3.63) is 35.4 Å². The van der Waals surface area contributed by atoms with Gasteiger partial charge in [0, 0.05) is 5.56 Å². The molecule has 1 heterocycles. The van der Waals surface area contributed by atoms with Gasteiger partial charge in [0.05, 0.1) is 12.3 Å². The molecule has 0 aromatic heterocycles. The van der Waals surface area contributed by atoms with E-state index in [1.54, 1.807) is 30.6 Å². The topological polar surface area (TPSA) is 54.5 Å². The van der Waals surface area contributed by atoms with Crippen LogP contribution in [-0.2, 0) is 16.1 Å². The molecule has 1 aliphatic heterocycles. The number of benzene rings is 1. The summed E-state index contributed by atoms with van der Waals surface area (Å²) < 4.78 is 0. The van der Waals surface area contributed by atoms with E-state index in [0.717, 1.165) is 17.3 Å². The van der Waals surface area contributed by atoms with Crippen LogP contribution >= 0.6 is 11.8 Å². The summed E-state index contributed by atoms with van der Waals surface area (Å²) >= 11 is 1.02. The lowest BCUT2D eigenvalue weighted by atomic mass is 10.1. The third-order valence-corrected chi connectivity index (χ3v) is 3.11. The zero-order valence-corrected chi connectivity index (χ0v) is 9.12. The monoisotopic (exact) mass is 234 g/mol. The Kier molecular flexibility index (Phi) is 3.05. The molecule has 0 saturated carbocycles. The predicted molar refractivity (Wildman–Crippen MR) is 59.6 cm³/mol. The lowest BCUT2D eigenvalue weighted by molar-refractivity contribution is -0.125. The van der Waals surface area contributed by atoms with Crippen molar-refractivity contribution in [1.82, 2.24) is 4.90 Å². The molecule has 0 unspecified atom stereocenters. The molecule has 4 nitrogen and oxygen atoms in total. The summed E-state index contributed by atoms with van der Waals surface area (Å²) in [6.07, 6.45) is 1.76. The van der Waals surface area contributed by atoms with Crippen LogP contribution in [0.4, 0.5) is 4.79 Å². The number of thioether (sulfide) groups is 1. The first-order chi connectivity index (χ1) is 7.70. The Hall–Kier alpha value is -1.62. The Morgan fingerprint density at radius 2 is 1.94 bits per heavy atom. The van der Waals surface area contributed by atoms with E-state index in [0.29, 0.717) is 5.56 Å². The Morgan fingerprint density at radius 3 is 2.44 bits per heavy atom. The van der Waals surface area contributed by atoms with E-state index in [9.17, 15) is 14.4 Å². The molecule has 1 fully saturated rings. The Labute approximate surface area is 96.6 Å². The van der Waals surface area contributed by atoms with Gasteiger partial charge in [0.1, 0.15) is 0 Å². The molecule has 1 aromatic rings. The number of carbonyl (C=O) groups is 2. The summed E-state index contributed by atoms with van der Waals surface area (Å²) in [7, 11) is 0. The van der Waals surface area contributed by atoms with Crippen LogP contribution in [0.3, 0.4) is 0 Å². The van der Waals surface area contributed by atoms with Crippen LogP contribution in [0.2, 0.25) is 0 Å². The van der Waals surface area contributed by atoms with Gasteiger partial charge in [0.15, 0.2) is 0 Å². The summed E-state index contributed by atoms with van der Waals surface area (Å²) in [6, 6.07) is 6.65. The molecular weight excluding hydrogens is 226 g/mol. The normalized spacial score (nSPS) is 15.6. The molecule has 0 aliphatic carbocycles. The first-order valence-electron chi connectivity index (χ1n) is 4.65. The van der Waals surface area contributed by atoms with Gasteiger partial charge in [-0.15, -0.1) is 0 Å². The molecule has 2 amide bonds. The van der Waals surface area contributed by atoms with Gasteiger partial charge < -0.3 is 0 Å². The highest BCUT2D eigenvalue weighted by molar-refractivity contribution is 8.14. The van der Waals surface area contributed by atoms with E-state index in [1.807, 2.05) is 0 Å². The van der Waals surface area contributed by atoms with Crippen molar-refractivity contribution in [1.29, 1.82) is 0 Å². The zero-order chi connectivity index (χ0) is 11.5. The minimum absolute atomic E-state index is 0.166. The smallest absolute Gasteiger partial charge is 0.285 e. The van der Waals surface area contributed by atoms with E-state index in [2.05, 4.69) is 0 Å². The van der Waals surface area contributed by atoms with Gasteiger partial charge >= 0.3 is 0 Å². The fraction of sp³-hybridized carbons (Fsp3) is 0.182. The molecule has 0 bridgehead atoms. The highest BCUT2D eigenvalue weighted by atomic mass is 32.2. The summed E-state index contributed by atoms with van der Waals surface area (Å²) in [5.41, 5.74) is 1.28. The predicted octanol–water partition coefficient (Wildman–Crippen LogP) is 1.34. The average Bonchev–Trinajstić information content (AvgIpc) is 2.62. The molecule has 1 saturated heterocycles. The maximum Gasteiger partial charge on any atom is 0.289 e. The number of rotatable bonds is 3. The molecule has 1 aromatic carbocycles. The van der Waals surface area contributed by atoms with Crippen LogP contribution in [-0.4, -0.2) is 28.1 Å². The first-order valence-corrected chi connectivity index (χ1v) is 5.63. The van der Waals surface area contributed by atoms with E-state index >= 15 is 0 Å². The van der Waals surface area contributed by atoms with Crippen LogP contribution in [0.1, 0.15) is 11.1 Å². The SMILES string of the molecule is O=[C]c1ccc(CN2C(=O)CSC2=O)cc1. The highest BCUT2D eigenvalue weighted by Gasteiger charge is 2.29. The second kappa shape index (κ2) is 4.49. The molecule has 16 heavy (non-hydrogen) atoms. The summed E-state index contributed by atoms with van der Waals surface area (Å²) in [5, 5.41) is -0.212. The lowest BCUT2D eigenvalue weighted by Crippen LogP contribution is -2.27. The van der Waals surface area contributed by atoms with Gasteiger partial charge in [-0.3, -0.25) is 19.3 Å². The molecule has 0 atom stereocenters. The van der Waals surface area contributed by atoms with Crippen LogP contribution in [0.15, 0.2) is 24.3 Å². The number of amides is 2.